The predicted octanol–water partition coefficient (Wildman–Crippen LogP) is 11.3. The molecule has 0 fully saturated rings. The minimum absolute atomic E-state index is 0.0248. The van der Waals surface area contributed by atoms with E-state index in [1.165, 1.54) is 6.07 Å². The summed E-state index contributed by atoms with van der Waals surface area (Å²) in [4.78, 5) is 9.95. The maximum Gasteiger partial charge on any atom is 0.202 e. The Morgan fingerprint density at radius 1 is 0.545 bits per heavy atom. The normalized spacial score (nSPS) is 13.1. The van der Waals surface area contributed by atoms with Gasteiger partial charge in [-0.3, -0.25) is 4.99 Å². The molecule has 8 aromatic carbocycles. The second kappa shape index (κ2) is 13.0. The third kappa shape index (κ3) is 5.37. The van der Waals surface area contributed by atoms with E-state index in [-0.39, 0.29) is 39.3 Å². The van der Waals surface area contributed by atoms with Gasteiger partial charge in [0.25, 0.3) is 0 Å². The lowest BCUT2D eigenvalue weighted by Crippen LogP contribution is -2.06. The van der Waals surface area contributed by atoms with Crippen molar-refractivity contribution in [2.75, 3.05) is 0 Å². The molecular formula is C47H34N2O6. The number of phenolic OH excluding ortho intramolecular Hbond substituents is 5. The highest BCUT2D eigenvalue weighted by atomic mass is 16.4. The summed E-state index contributed by atoms with van der Waals surface area (Å²) >= 11 is 0. The Morgan fingerprint density at radius 2 is 1.09 bits per heavy atom. The zero-order chi connectivity index (χ0) is 38.0. The third-order valence-corrected chi connectivity index (χ3v) is 10.4. The Hall–Kier alpha value is -7.32. The quantitative estimate of drug-likeness (QED) is 0.0394. The number of rotatable bonds is 5. The molecule has 0 saturated carbocycles. The smallest absolute Gasteiger partial charge is 0.202 e. The Bertz CT molecular complexity index is 3020. The first-order chi connectivity index (χ1) is 26.7. The molecule has 0 aliphatic carbocycles. The molecular weight excluding hydrogens is 689 g/mol. The SMILES string of the molecule is C/C(=N\C(=N/C(C)c1ccccc1)c1ccccc1)c1cc(O)c(O)c2oc3c(O)c(O)c(-c4ccc5c6ccccc6c6ccccc6c5c4)c(O)c3c12. The lowest BCUT2D eigenvalue weighted by Gasteiger charge is -2.14. The van der Waals surface area contributed by atoms with Gasteiger partial charge in [-0.15, -0.1) is 0 Å². The highest BCUT2D eigenvalue weighted by Gasteiger charge is 2.29. The Labute approximate surface area is 314 Å². The van der Waals surface area contributed by atoms with Gasteiger partial charge < -0.3 is 29.9 Å². The molecule has 268 valence electrons. The second-order valence-corrected chi connectivity index (χ2v) is 13.7. The van der Waals surface area contributed by atoms with Crippen molar-refractivity contribution >= 4 is 65.8 Å². The second-order valence-electron chi connectivity index (χ2n) is 13.7. The largest absolute Gasteiger partial charge is 0.506 e. The summed E-state index contributed by atoms with van der Waals surface area (Å²) in [6, 6.07) is 42.3. The molecule has 1 unspecified atom stereocenters. The average molecular weight is 723 g/mol. The van der Waals surface area contributed by atoms with Crippen LogP contribution in [0.15, 0.2) is 148 Å². The van der Waals surface area contributed by atoms with Crippen LogP contribution in [0.4, 0.5) is 0 Å². The topological polar surface area (TPSA) is 139 Å². The molecule has 1 aromatic heterocycles. The number of fused-ring (bicyclic) bond motifs is 9. The van der Waals surface area contributed by atoms with Crippen molar-refractivity contribution in [2.24, 2.45) is 9.98 Å². The van der Waals surface area contributed by atoms with Crippen LogP contribution in [0.3, 0.4) is 0 Å². The molecule has 0 amide bonds. The van der Waals surface area contributed by atoms with Crippen molar-refractivity contribution in [3.8, 4) is 39.9 Å². The van der Waals surface area contributed by atoms with E-state index in [1.807, 2.05) is 110 Å². The first-order valence-electron chi connectivity index (χ1n) is 17.9. The van der Waals surface area contributed by atoms with E-state index in [2.05, 4.69) is 18.2 Å². The molecule has 0 aliphatic heterocycles. The molecule has 9 aromatic rings. The van der Waals surface area contributed by atoms with Crippen LogP contribution >= 0.6 is 0 Å². The summed E-state index contributed by atoms with van der Waals surface area (Å²) in [5, 5.41) is 63.5. The van der Waals surface area contributed by atoms with Gasteiger partial charge in [0.2, 0.25) is 11.5 Å². The molecule has 1 heterocycles. The standard InChI is InChI=1S/C47H34N2O6/c1-25(27-13-5-3-6-14-27)48-47(28-15-7-4-8-16-28)49-26(2)35-24-37(50)41(51)45-39(35)40-42(52)38(43(53)44(54)46(40)55-45)29-21-22-34-32-19-10-9-17-30(32)31-18-11-12-20-33(31)36(34)23-29/h3-25,50-54H,1-2H3/b48-47-,49-26+. The number of furan rings is 1. The molecule has 1 atom stereocenters. The van der Waals surface area contributed by atoms with Crippen LogP contribution in [0.5, 0.6) is 28.7 Å². The Morgan fingerprint density at radius 3 is 1.73 bits per heavy atom. The van der Waals surface area contributed by atoms with Crippen LogP contribution in [-0.4, -0.2) is 37.1 Å². The molecule has 5 N–H and O–H groups in total. The number of benzene rings is 8. The van der Waals surface area contributed by atoms with Crippen molar-refractivity contribution in [3.05, 3.63) is 150 Å². The van der Waals surface area contributed by atoms with Crippen molar-refractivity contribution in [2.45, 2.75) is 19.9 Å². The lowest BCUT2D eigenvalue weighted by atomic mass is 9.91. The monoisotopic (exact) mass is 722 g/mol. The summed E-state index contributed by atoms with van der Waals surface area (Å²) in [6.07, 6.45) is 0. The van der Waals surface area contributed by atoms with Crippen LogP contribution in [0.25, 0.3) is 65.4 Å². The van der Waals surface area contributed by atoms with E-state index < -0.39 is 23.0 Å². The molecule has 55 heavy (non-hydrogen) atoms. The fourth-order valence-corrected chi connectivity index (χ4v) is 7.69. The van der Waals surface area contributed by atoms with Crippen LogP contribution in [-0.2, 0) is 0 Å². The van der Waals surface area contributed by atoms with Crippen molar-refractivity contribution < 1.29 is 29.9 Å². The van der Waals surface area contributed by atoms with E-state index in [1.54, 1.807) is 13.0 Å². The van der Waals surface area contributed by atoms with Gasteiger partial charge in [0.05, 0.1) is 17.0 Å². The zero-order valence-electron chi connectivity index (χ0n) is 29.8. The van der Waals surface area contributed by atoms with Gasteiger partial charge in [0.15, 0.2) is 28.5 Å². The summed E-state index contributed by atoms with van der Waals surface area (Å²) in [5.41, 5.74) is 2.39. The molecule has 8 heteroatoms. The minimum atomic E-state index is -0.634. The van der Waals surface area contributed by atoms with Gasteiger partial charge in [-0.1, -0.05) is 121 Å². The number of phenols is 5. The minimum Gasteiger partial charge on any atom is -0.506 e. The van der Waals surface area contributed by atoms with E-state index in [0.717, 1.165) is 43.4 Å². The Kier molecular flexibility index (Phi) is 7.90. The van der Waals surface area contributed by atoms with Crippen molar-refractivity contribution in [3.63, 3.8) is 0 Å². The number of amidine groups is 1. The number of nitrogens with zero attached hydrogens (tertiary/aromatic N) is 2. The molecule has 0 radical (unpaired) electrons. The van der Waals surface area contributed by atoms with E-state index in [9.17, 15) is 25.5 Å². The van der Waals surface area contributed by atoms with Crippen LogP contribution in [0.1, 0.15) is 36.6 Å². The fourth-order valence-electron chi connectivity index (χ4n) is 7.69. The van der Waals surface area contributed by atoms with E-state index >= 15 is 0 Å². The van der Waals surface area contributed by atoms with Gasteiger partial charge in [-0.05, 0) is 69.4 Å². The summed E-state index contributed by atoms with van der Waals surface area (Å²) in [5.74, 6) is -2.29. The lowest BCUT2D eigenvalue weighted by molar-refractivity contribution is 0.393. The van der Waals surface area contributed by atoms with E-state index in [4.69, 9.17) is 14.4 Å². The van der Waals surface area contributed by atoms with Gasteiger partial charge in [-0.2, -0.15) is 0 Å². The molecule has 0 spiro atoms. The maximum absolute atomic E-state index is 12.2. The molecule has 9 rings (SSSR count). The number of aliphatic imine (C=N–C) groups is 2. The first kappa shape index (κ1) is 33.5. The Balaban J connectivity index is 1.29. The molecule has 0 aliphatic rings. The fraction of sp³-hybridized carbons (Fsp3) is 0.0638. The highest BCUT2D eigenvalue weighted by Crippen LogP contribution is 2.55. The number of hydrogen-bond acceptors (Lipinski definition) is 7. The molecule has 0 bridgehead atoms. The number of hydrogen-bond donors (Lipinski definition) is 5. The maximum atomic E-state index is 12.2. The van der Waals surface area contributed by atoms with E-state index in [0.29, 0.717) is 22.7 Å². The van der Waals surface area contributed by atoms with Gasteiger partial charge in [-0.25, -0.2) is 4.99 Å². The average Bonchev–Trinajstić information content (AvgIpc) is 3.63. The predicted molar refractivity (Wildman–Crippen MR) is 220 cm³/mol. The van der Waals surface area contributed by atoms with Crippen molar-refractivity contribution in [1.82, 2.24) is 0 Å². The molecule has 8 nitrogen and oxygen atoms in total. The number of aromatic hydroxyl groups is 5. The van der Waals surface area contributed by atoms with Crippen LogP contribution in [0, 0.1) is 0 Å². The van der Waals surface area contributed by atoms with Crippen LogP contribution < -0.4 is 0 Å². The van der Waals surface area contributed by atoms with Crippen LogP contribution in [0.2, 0.25) is 0 Å². The van der Waals surface area contributed by atoms with Gasteiger partial charge in [0, 0.05) is 22.2 Å². The highest BCUT2D eigenvalue weighted by molar-refractivity contribution is 6.27. The summed E-state index contributed by atoms with van der Waals surface area (Å²) in [6.45, 7) is 3.71. The summed E-state index contributed by atoms with van der Waals surface area (Å²) < 4.78 is 5.96. The van der Waals surface area contributed by atoms with Gasteiger partial charge in [0.1, 0.15) is 5.75 Å². The molecule has 0 saturated heterocycles. The van der Waals surface area contributed by atoms with Crippen molar-refractivity contribution in [1.29, 1.82) is 0 Å². The summed E-state index contributed by atoms with van der Waals surface area (Å²) in [7, 11) is 0. The zero-order valence-corrected chi connectivity index (χ0v) is 29.8. The van der Waals surface area contributed by atoms with Gasteiger partial charge >= 0.3 is 0 Å². The third-order valence-electron chi connectivity index (χ3n) is 10.4. The first-order valence-corrected chi connectivity index (χ1v) is 17.9.